The lowest BCUT2D eigenvalue weighted by atomic mass is 9.97. The maximum atomic E-state index is 13.7. The lowest BCUT2D eigenvalue weighted by Gasteiger charge is -2.12. The molecule has 26 heavy (non-hydrogen) atoms. The highest BCUT2D eigenvalue weighted by molar-refractivity contribution is 7.99. The van der Waals surface area contributed by atoms with Gasteiger partial charge in [0.1, 0.15) is 22.6 Å². The van der Waals surface area contributed by atoms with E-state index >= 15 is 0 Å². The first-order chi connectivity index (χ1) is 12.5. The standard InChI is InChI=1S/C18H9Cl2F2N3S/c19-12-2-1-3-13(20)18(12)11(9-23)15-5-7-17(25-24-15)26-16-6-4-10(21)8-14(16)22/h1-8,11H. The van der Waals surface area contributed by atoms with Gasteiger partial charge in [0.05, 0.1) is 11.8 Å². The number of hydrogen-bond acceptors (Lipinski definition) is 4. The van der Waals surface area contributed by atoms with Crippen molar-refractivity contribution < 1.29 is 8.78 Å². The fourth-order valence-electron chi connectivity index (χ4n) is 2.27. The van der Waals surface area contributed by atoms with Crippen LogP contribution in [0.4, 0.5) is 8.78 Å². The number of nitriles is 1. The molecule has 0 aliphatic carbocycles. The predicted molar refractivity (Wildman–Crippen MR) is 96.4 cm³/mol. The molecule has 0 aliphatic heterocycles. The van der Waals surface area contributed by atoms with Crippen molar-refractivity contribution in [2.45, 2.75) is 15.8 Å². The zero-order valence-electron chi connectivity index (χ0n) is 13.0. The third kappa shape index (κ3) is 3.96. The summed E-state index contributed by atoms with van der Waals surface area (Å²) in [5, 5.41) is 18.7. The number of aromatic nitrogens is 2. The molecular weight excluding hydrogens is 399 g/mol. The highest BCUT2D eigenvalue weighted by Crippen LogP contribution is 2.35. The van der Waals surface area contributed by atoms with Crippen molar-refractivity contribution in [3.63, 3.8) is 0 Å². The Kier molecular flexibility index (Phi) is 5.72. The molecule has 1 atom stereocenters. The van der Waals surface area contributed by atoms with E-state index in [0.717, 1.165) is 17.8 Å². The third-order valence-electron chi connectivity index (χ3n) is 3.48. The SMILES string of the molecule is N#CC(c1ccc(Sc2ccc(F)cc2F)nn1)c1c(Cl)cccc1Cl. The summed E-state index contributed by atoms with van der Waals surface area (Å²) < 4.78 is 26.7. The van der Waals surface area contributed by atoms with Gasteiger partial charge in [-0.2, -0.15) is 10.4 Å². The van der Waals surface area contributed by atoms with E-state index in [-0.39, 0.29) is 4.90 Å². The van der Waals surface area contributed by atoms with Crippen molar-refractivity contribution in [1.82, 2.24) is 10.2 Å². The number of rotatable bonds is 4. The minimum absolute atomic E-state index is 0.222. The minimum Gasteiger partial charge on any atom is -0.207 e. The monoisotopic (exact) mass is 407 g/mol. The summed E-state index contributed by atoms with van der Waals surface area (Å²) in [7, 11) is 0. The molecule has 0 fully saturated rings. The first kappa shape index (κ1) is 18.6. The normalized spacial score (nSPS) is 11.8. The molecule has 0 amide bonds. The van der Waals surface area contributed by atoms with Gasteiger partial charge in [-0.3, -0.25) is 0 Å². The average molecular weight is 408 g/mol. The summed E-state index contributed by atoms with van der Waals surface area (Å²) in [5.41, 5.74) is 0.823. The van der Waals surface area contributed by atoms with Crippen LogP contribution in [0, 0.1) is 23.0 Å². The van der Waals surface area contributed by atoms with Crippen molar-refractivity contribution in [2.75, 3.05) is 0 Å². The van der Waals surface area contributed by atoms with E-state index in [0.29, 0.717) is 26.3 Å². The van der Waals surface area contributed by atoms with E-state index in [1.54, 1.807) is 30.3 Å². The summed E-state index contributed by atoms with van der Waals surface area (Å²) in [6.07, 6.45) is 0. The van der Waals surface area contributed by atoms with Crippen LogP contribution in [0.15, 0.2) is 58.5 Å². The maximum Gasteiger partial charge on any atom is 0.140 e. The Bertz CT molecular complexity index is 970. The Morgan fingerprint density at radius 1 is 1.00 bits per heavy atom. The molecule has 0 saturated carbocycles. The Morgan fingerprint density at radius 2 is 1.73 bits per heavy atom. The number of benzene rings is 2. The zero-order chi connectivity index (χ0) is 18.7. The molecule has 0 radical (unpaired) electrons. The van der Waals surface area contributed by atoms with E-state index < -0.39 is 17.6 Å². The molecule has 3 rings (SSSR count). The molecule has 3 nitrogen and oxygen atoms in total. The Hall–Kier alpha value is -2.20. The summed E-state index contributed by atoms with van der Waals surface area (Å²) in [5.74, 6) is -2.12. The van der Waals surface area contributed by atoms with Gasteiger partial charge >= 0.3 is 0 Å². The summed E-state index contributed by atoms with van der Waals surface area (Å²) in [4.78, 5) is 0.222. The number of nitrogens with zero attached hydrogens (tertiary/aromatic N) is 3. The van der Waals surface area contributed by atoms with Crippen molar-refractivity contribution in [3.05, 3.63) is 81.5 Å². The second kappa shape index (κ2) is 8.00. The van der Waals surface area contributed by atoms with Crippen LogP contribution in [-0.4, -0.2) is 10.2 Å². The molecule has 0 spiro atoms. The van der Waals surface area contributed by atoms with Crippen LogP contribution in [0.3, 0.4) is 0 Å². The van der Waals surface area contributed by atoms with Gasteiger partial charge in [-0.05, 0) is 36.4 Å². The molecule has 0 aliphatic rings. The lowest BCUT2D eigenvalue weighted by Crippen LogP contribution is -2.04. The minimum atomic E-state index is -0.787. The molecule has 8 heteroatoms. The van der Waals surface area contributed by atoms with Gasteiger partial charge in [0.2, 0.25) is 0 Å². The lowest BCUT2D eigenvalue weighted by molar-refractivity contribution is 0.565. The van der Waals surface area contributed by atoms with Gasteiger partial charge in [0, 0.05) is 26.6 Å². The molecule has 130 valence electrons. The first-order valence-electron chi connectivity index (χ1n) is 7.29. The van der Waals surface area contributed by atoms with Crippen LogP contribution in [-0.2, 0) is 0 Å². The van der Waals surface area contributed by atoms with E-state index in [1.165, 1.54) is 12.1 Å². The van der Waals surface area contributed by atoms with Crippen molar-refractivity contribution in [3.8, 4) is 6.07 Å². The fraction of sp³-hybridized carbons (Fsp3) is 0.0556. The largest absolute Gasteiger partial charge is 0.207 e. The fourth-order valence-corrected chi connectivity index (χ4v) is 3.63. The average Bonchev–Trinajstić information content (AvgIpc) is 2.62. The van der Waals surface area contributed by atoms with Crippen molar-refractivity contribution >= 4 is 35.0 Å². The molecule has 1 heterocycles. The molecule has 1 unspecified atom stereocenters. The second-order valence-corrected chi connectivity index (χ2v) is 7.05. The molecular formula is C18H9Cl2F2N3S. The zero-order valence-corrected chi connectivity index (χ0v) is 15.3. The predicted octanol–water partition coefficient (Wildman–Crippen LogP) is 5.87. The molecule has 0 saturated heterocycles. The Labute approximate surface area is 162 Å². The first-order valence-corrected chi connectivity index (χ1v) is 8.87. The maximum absolute atomic E-state index is 13.7. The van der Waals surface area contributed by atoms with Gasteiger partial charge in [-0.1, -0.05) is 41.0 Å². The number of hydrogen-bond donors (Lipinski definition) is 0. The summed E-state index contributed by atoms with van der Waals surface area (Å²) in [6, 6.07) is 13.6. The van der Waals surface area contributed by atoms with Crippen molar-refractivity contribution in [2.24, 2.45) is 0 Å². The van der Waals surface area contributed by atoms with Gasteiger partial charge in [-0.25, -0.2) is 8.78 Å². The van der Waals surface area contributed by atoms with E-state index in [1.807, 2.05) is 0 Å². The quantitative estimate of drug-likeness (QED) is 0.542. The molecule has 3 aromatic rings. The topological polar surface area (TPSA) is 49.6 Å². The van der Waals surface area contributed by atoms with Crippen LogP contribution < -0.4 is 0 Å². The molecule has 2 aromatic carbocycles. The second-order valence-electron chi connectivity index (χ2n) is 5.17. The highest BCUT2D eigenvalue weighted by Gasteiger charge is 2.21. The third-order valence-corrected chi connectivity index (χ3v) is 5.12. The van der Waals surface area contributed by atoms with Crippen LogP contribution in [0.25, 0.3) is 0 Å². The van der Waals surface area contributed by atoms with Crippen LogP contribution in [0.5, 0.6) is 0 Å². The summed E-state index contributed by atoms with van der Waals surface area (Å²) >= 11 is 13.3. The van der Waals surface area contributed by atoms with E-state index in [2.05, 4.69) is 16.3 Å². The summed E-state index contributed by atoms with van der Waals surface area (Å²) in [6.45, 7) is 0. The number of halogens is 4. The van der Waals surface area contributed by atoms with Gasteiger partial charge in [-0.15, -0.1) is 5.10 Å². The van der Waals surface area contributed by atoms with Crippen molar-refractivity contribution in [1.29, 1.82) is 5.26 Å². The van der Waals surface area contributed by atoms with Crippen LogP contribution in [0.2, 0.25) is 10.0 Å². The van der Waals surface area contributed by atoms with Crippen LogP contribution in [0.1, 0.15) is 17.2 Å². The van der Waals surface area contributed by atoms with Gasteiger partial charge in [0.15, 0.2) is 0 Å². The molecule has 0 bridgehead atoms. The van der Waals surface area contributed by atoms with E-state index in [4.69, 9.17) is 23.2 Å². The van der Waals surface area contributed by atoms with E-state index in [9.17, 15) is 14.0 Å². The van der Waals surface area contributed by atoms with Gasteiger partial charge < -0.3 is 0 Å². The Morgan fingerprint density at radius 3 is 2.31 bits per heavy atom. The molecule has 1 aromatic heterocycles. The van der Waals surface area contributed by atoms with Gasteiger partial charge in [0.25, 0.3) is 0 Å². The molecule has 0 N–H and O–H groups in total. The smallest absolute Gasteiger partial charge is 0.140 e. The van der Waals surface area contributed by atoms with Crippen LogP contribution >= 0.6 is 35.0 Å². The highest BCUT2D eigenvalue weighted by atomic mass is 35.5. The Balaban J connectivity index is 1.88.